The zero-order chi connectivity index (χ0) is 21.6. The first-order valence-corrected chi connectivity index (χ1v) is 8.51. The average molecular weight is 428 g/mol. The highest BCUT2D eigenvalue weighted by Crippen LogP contribution is 2.33. The van der Waals surface area contributed by atoms with Gasteiger partial charge in [0, 0.05) is 11.5 Å². The van der Waals surface area contributed by atoms with E-state index in [0.29, 0.717) is 0 Å². The van der Waals surface area contributed by atoms with E-state index in [4.69, 9.17) is 21.8 Å². The van der Waals surface area contributed by atoms with Crippen LogP contribution in [0.25, 0.3) is 10.4 Å². The fourth-order valence-corrected chi connectivity index (χ4v) is 2.76. The van der Waals surface area contributed by atoms with Crippen molar-refractivity contribution in [3.05, 3.63) is 33.7 Å². The summed E-state index contributed by atoms with van der Waals surface area (Å²) in [4.78, 5) is 10.3. The number of hydrogen-bond acceptors (Lipinski definition) is 7. The van der Waals surface area contributed by atoms with Gasteiger partial charge in [-0.15, -0.1) is 0 Å². The second kappa shape index (κ2) is 9.20. The van der Waals surface area contributed by atoms with Crippen LogP contribution in [0.1, 0.15) is 12.8 Å². The average Bonchev–Trinajstić information content (AvgIpc) is 2.59. The molecule has 16 heteroatoms. The SMILES string of the molecule is [N-]=[N+]=Nc1c(F)c(F)c(S(=O)(=O)OC(=N)NCCCC(N)C(=O)O)c(F)c1F. The highest BCUT2D eigenvalue weighted by atomic mass is 32.2. The number of carbonyl (C=O) groups is 1. The molecular weight excluding hydrogens is 416 g/mol. The molecule has 1 aromatic carbocycles. The number of nitrogens with zero attached hydrogens (tertiary/aromatic N) is 3. The molecule has 0 saturated heterocycles. The van der Waals surface area contributed by atoms with Crippen molar-refractivity contribution >= 4 is 27.8 Å². The van der Waals surface area contributed by atoms with E-state index in [1.165, 1.54) is 0 Å². The summed E-state index contributed by atoms with van der Waals surface area (Å²) in [5.74, 6) is -10.7. The Morgan fingerprint density at radius 3 is 2.29 bits per heavy atom. The van der Waals surface area contributed by atoms with Gasteiger partial charge in [0.15, 0.2) is 28.2 Å². The van der Waals surface area contributed by atoms with E-state index in [-0.39, 0.29) is 19.4 Å². The summed E-state index contributed by atoms with van der Waals surface area (Å²) in [6, 6.07) is -2.47. The molecule has 0 aliphatic rings. The number of hydrogen-bond donors (Lipinski definition) is 4. The van der Waals surface area contributed by atoms with Gasteiger partial charge in [0.2, 0.25) is 0 Å². The number of nitrogens with two attached hydrogens (primary N) is 1. The van der Waals surface area contributed by atoms with Gasteiger partial charge in [-0.05, 0) is 18.4 Å². The lowest BCUT2D eigenvalue weighted by atomic mass is 10.2. The van der Waals surface area contributed by atoms with Crippen LogP contribution in [0.4, 0.5) is 23.2 Å². The molecule has 1 aromatic rings. The second-order valence-electron chi connectivity index (χ2n) is 5.00. The molecule has 1 rings (SSSR count). The van der Waals surface area contributed by atoms with E-state index in [9.17, 15) is 30.8 Å². The van der Waals surface area contributed by atoms with Crippen molar-refractivity contribution in [2.75, 3.05) is 6.54 Å². The third-order valence-electron chi connectivity index (χ3n) is 3.08. The molecule has 0 bridgehead atoms. The number of nitrogens with one attached hydrogen (secondary N) is 2. The summed E-state index contributed by atoms with van der Waals surface area (Å²) in [7, 11) is -5.54. The topological polar surface area (TPSA) is 191 Å². The molecule has 0 aliphatic heterocycles. The van der Waals surface area contributed by atoms with Crippen LogP contribution >= 0.6 is 0 Å². The van der Waals surface area contributed by atoms with Crippen molar-refractivity contribution in [3.8, 4) is 0 Å². The van der Waals surface area contributed by atoms with E-state index in [1.807, 2.05) is 10.2 Å². The van der Waals surface area contributed by atoms with Gasteiger partial charge in [-0.25, -0.2) is 17.6 Å². The number of azide groups is 1. The van der Waals surface area contributed by atoms with Gasteiger partial charge in [-0.2, -0.15) is 8.42 Å². The van der Waals surface area contributed by atoms with Crippen LogP contribution in [0.5, 0.6) is 0 Å². The maximum Gasteiger partial charge on any atom is 0.347 e. The van der Waals surface area contributed by atoms with Crippen LogP contribution < -0.4 is 11.1 Å². The highest BCUT2D eigenvalue weighted by Gasteiger charge is 2.35. The van der Waals surface area contributed by atoms with E-state index in [2.05, 4.69) is 9.30 Å². The number of amidine groups is 1. The number of carboxylic acids is 1. The molecular formula is C12H12F4N6O5S. The Kier molecular flexibility index (Phi) is 7.54. The van der Waals surface area contributed by atoms with Gasteiger partial charge in [-0.3, -0.25) is 10.2 Å². The third kappa shape index (κ3) is 5.21. The smallest absolute Gasteiger partial charge is 0.347 e. The van der Waals surface area contributed by atoms with E-state index in [0.717, 1.165) is 0 Å². The van der Waals surface area contributed by atoms with Crippen molar-refractivity contribution in [1.29, 1.82) is 5.41 Å². The summed E-state index contributed by atoms with van der Waals surface area (Å²) in [6.45, 7) is -0.209. The Morgan fingerprint density at radius 2 is 1.82 bits per heavy atom. The Morgan fingerprint density at radius 1 is 1.29 bits per heavy atom. The van der Waals surface area contributed by atoms with Crippen LogP contribution in [-0.2, 0) is 19.1 Å². The van der Waals surface area contributed by atoms with Crippen molar-refractivity contribution in [2.45, 2.75) is 23.8 Å². The Hall–Kier alpha value is -3.10. The first-order valence-electron chi connectivity index (χ1n) is 7.10. The van der Waals surface area contributed by atoms with Crippen LogP contribution in [0.2, 0.25) is 0 Å². The molecule has 154 valence electrons. The molecule has 0 amide bonds. The first kappa shape index (κ1) is 22.9. The van der Waals surface area contributed by atoms with Gasteiger partial charge in [-0.1, -0.05) is 5.11 Å². The molecule has 0 spiro atoms. The second-order valence-corrected chi connectivity index (χ2v) is 6.49. The number of halogens is 4. The van der Waals surface area contributed by atoms with Crippen LogP contribution in [0, 0.1) is 28.7 Å². The molecule has 5 N–H and O–H groups in total. The fraction of sp³-hybridized carbons (Fsp3) is 0.333. The maximum atomic E-state index is 13.9. The molecule has 28 heavy (non-hydrogen) atoms. The van der Waals surface area contributed by atoms with Gasteiger partial charge < -0.3 is 20.3 Å². The summed E-state index contributed by atoms with van der Waals surface area (Å²) in [5.41, 5.74) is 11.6. The maximum absolute atomic E-state index is 13.9. The molecule has 0 radical (unpaired) electrons. The normalized spacial score (nSPS) is 12.0. The van der Waals surface area contributed by atoms with Crippen molar-refractivity contribution in [3.63, 3.8) is 0 Å². The van der Waals surface area contributed by atoms with Crippen molar-refractivity contribution in [2.24, 2.45) is 10.8 Å². The van der Waals surface area contributed by atoms with Gasteiger partial charge >= 0.3 is 16.1 Å². The van der Waals surface area contributed by atoms with Crippen molar-refractivity contribution < 1.29 is 40.1 Å². The van der Waals surface area contributed by atoms with Crippen LogP contribution in [0.15, 0.2) is 10.0 Å². The predicted molar refractivity (Wildman–Crippen MR) is 83.9 cm³/mol. The Labute approximate surface area is 154 Å². The summed E-state index contributed by atoms with van der Waals surface area (Å²) >= 11 is 0. The van der Waals surface area contributed by atoms with E-state index < -0.39 is 62.0 Å². The summed E-state index contributed by atoms with van der Waals surface area (Å²) in [6.07, 6.45) is -0.00495. The molecule has 0 aliphatic carbocycles. The number of carboxylic acid groups (broad SMARTS) is 1. The van der Waals surface area contributed by atoms with Gasteiger partial charge in [0.05, 0.1) is 0 Å². The third-order valence-corrected chi connectivity index (χ3v) is 4.33. The molecule has 1 unspecified atom stereocenters. The minimum Gasteiger partial charge on any atom is -0.480 e. The largest absolute Gasteiger partial charge is 0.480 e. The Bertz CT molecular complexity index is 921. The molecule has 0 fully saturated rings. The highest BCUT2D eigenvalue weighted by molar-refractivity contribution is 7.87. The summed E-state index contributed by atoms with van der Waals surface area (Å²) in [5, 5.41) is 20.3. The molecule has 0 aromatic heterocycles. The number of rotatable bonds is 8. The lowest BCUT2D eigenvalue weighted by Crippen LogP contribution is -2.33. The lowest BCUT2D eigenvalue weighted by molar-refractivity contribution is -0.138. The van der Waals surface area contributed by atoms with Crippen LogP contribution in [-0.4, -0.2) is 38.1 Å². The molecule has 1 atom stereocenters. The first-order chi connectivity index (χ1) is 12.9. The minimum atomic E-state index is -5.54. The number of aliphatic carboxylic acids is 1. The Balaban J connectivity index is 2.98. The zero-order valence-electron chi connectivity index (χ0n) is 13.6. The molecule has 0 saturated carbocycles. The zero-order valence-corrected chi connectivity index (χ0v) is 14.4. The predicted octanol–water partition coefficient (Wildman–Crippen LogP) is 1.61. The molecule has 0 heterocycles. The lowest BCUT2D eigenvalue weighted by Gasteiger charge is -2.12. The van der Waals surface area contributed by atoms with Crippen LogP contribution in [0.3, 0.4) is 0 Å². The number of benzene rings is 1. The van der Waals surface area contributed by atoms with E-state index in [1.54, 1.807) is 0 Å². The minimum absolute atomic E-state index is 0.0477. The monoisotopic (exact) mass is 428 g/mol. The fourth-order valence-electron chi connectivity index (χ4n) is 1.78. The molecule has 11 nitrogen and oxygen atoms in total. The standard InChI is InChI=1S/C12H12F4N6O5S/c13-5-7(15)10(8(16)6(14)9(5)21-22-19)28(25,26)27-12(18)20-3-1-2-4(17)11(23)24/h4H,1-3,17H2,(H2,18,20)(H,23,24). The van der Waals surface area contributed by atoms with E-state index >= 15 is 0 Å². The van der Waals surface area contributed by atoms with Gasteiger partial charge in [0.1, 0.15) is 11.7 Å². The van der Waals surface area contributed by atoms with Crippen molar-refractivity contribution in [1.82, 2.24) is 5.32 Å². The van der Waals surface area contributed by atoms with Gasteiger partial charge in [0.25, 0.3) is 6.02 Å². The quantitative estimate of drug-likeness (QED) is 0.0556. The summed E-state index contributed by atoms with van der Waals surface area (Å²) < 4.78 is 82.8.